The summed E-state index contributed by atoms with van der Waals surface area (Å²) in [5.41, 5.74) is 8.48. The summed E-state index contributed by atoms with van der Waals surface area (Å²) in [5.74, 6) is -0.0952. The molecule has 34 heavy (non-hydrogen) atoms. The number of para-hydroxylation sites is 3. The molecule has 176 valence electrons. The van der Waals surface area contributed by atoms with E-state index in [2.05, 4.69) is 27.8 Å². The Balaban J connectivity index is 1.59. The maximum Gasteiger partial charge on any atom is 0.237 e. The number of carbonyl (C=O) groups is 2. The van der Waals surface area contributed by atoms with Crippen LogP contribution < -0.4 is 15.4 Å². The molecule has 0 unspecified atom stereocenters. The zero-order valence-corrected chi connectivity index (χ0v) is 19.9. The lowest BCUT2D eigenvalue weighted by Gasteiger charge is -2.24. The molecule has 10 heteroatoms. The van der Waals surface area contributed by atoms with Gasteiger partial charge in [0.2, 0.25) is 17.0 Å². The highest BCUT2D eigenvalue weighted by Crippen LogP contribution is 2.30. The standard InChI is InChI=1S/C24H26N6O3S/c1-3-13-30-17-9-5-4-8-16(17)22-23(30)26-24(28-27-22)34-15-21(32)29(14-12-20(25)31)18-10-6-7-11-19(18)33-2/h4-11H,3,12-15H2,1-2H3,(H2,25,31). The highest BCUT2D eigenvalue weighted by Gasteiger charge is 2.21. The van der Waals surface area contributed by atoms with E-state index >= 15 is 0 Å². The van der Waals surface area contributed by atoms with Crippen LogP contribution in [0.15, 0.2) is 53.7 Å². The first-order valence-electron chi connectivity index (χ1n) is 11.0. The van der Waals surface area contributed by atoms with Crippen LogP contribution in [0.5, 0.6) is 5.75 Å². The van der Waals surface area contributed by atoms with E-state index in [0.717, 1.165) is 35.0 Å². The molecule has 0 fully saturated rings. The number of aryl methyl sites for hydroxylation is 1. The number of thioether (sulfide) groups is 1. The van der Waals surface area contributed by atoms with Gasteiger partial charge in [-0.2, -0.15) is 0 Å². The predicted molar refractivity (Wildman–Crippen MR) is 133 cm³/mol. The molecule has 0 saturated heterocycles. The molecule has 0 bridgehead atoms. The second-order valence-electron chi connectivity index (χ2n) is 7.66. The lowest BCUT2D eigenvalue weighted by Crippen LogP contribution is -2.35. The number of amides is 2. The normalized spacial score (nSPS) is 11.1. The molecule has 0 aliphatic heterocycles. The van der Waals surface area contributed by atoms with Crippen molar-refractivity contribution in [2.24, 2.45) is 5.73 Å². The number of primary amides is 1. The van der Waals surface area contributed by atoms with E-state index < -0.39 is 5.91 Å². The number of fused-ring (bicyclic) bond motifs is 3. The van der Waals surface area contributed by atoms with Crippen molar-refractivity contribution in [2.45, 2.75) is 31.5 Å². The Hall–Kier alpha value is -3.66. The monoisotopic (exact) mass is 478 g/mol. The number of methoxy groups -OCH3 is 1. The van der Waals surface area contributed by atoms with Crippen LogP contribution >= 0.6 is 11.8 Å². The van der Waals surface area contributed by atoms with E-state index in [1.54, 1.807) is 12.1 Å². The number of nitrogens with two attached hydrogens (primary N) is 1. The summed E-state index contributed by atoms with van der Waals surface area (Å²) in [6.45, 7) is 3.07. The summed E-state index contributed by atoms with van der Waals surface area (Å²) < 4.78 is 7.54. The molecule has 0 spiro atoms. The smallest absolute Gasteiger partial charge is 0.237 e. The van der Waals surface area contributed by atoms with Crippen molar-refractivity contribution in [2.75, 3.05) is 24.3 Å². The number of aromatic nitrogens is 4. The zero-order chi connectivity index (χ0) is 24.1. The average Bonchev–Trinajstić information content (AvgIpc) is 3.16. The molecule has 9 nitrogen and oxygen atoms in total. The van der Waals surface area contributed by atoms with Crippen molar-refractivity contribution >= 4 is 51.3 Å². The van der Waals surface area contributed by atoms with Crippen molar-refractivity contribution in [3.05, 3.63) is 48.5 Å². The van der Waals surface area contributed by atoms with Crippen molar-refractivity contribution in [1.29, 1.82) is 0 Å². The van der Waals surface area contributed by atoms with E-state index in [4.69, 9.17) is 15.5 Å². The molecule has 4 aromatic rings. The molecule has 0 aliphatic carbocycles. The summed E-state index contributed by atoms with van der Waals surface area (Å²) in [4.78, 5) is 30.8. The number of nitrogens with zero attached hydrogens (tertiary/aromatic N) is 5. The van der Waals surface area contributed by atoms with Crippen LogP contribution in [0.2, 0.25) is 0 Å². The summed E-state index contributed by atoms with van der Waals surface area (Å²) in [6, 6.07) is 15.2. The lowest BCUT2D eigenvalue weighted by atomic mass is 10.2. The third kappa shape index (κ3) is 4.81. The van der Waals surface area contributed by atoms with Gasteiger partial charge in [0, 0.05) is 24.9 Å². The Morgan fingerprint density at radius 1 is 1.12 bits per heavy atom. The van der Waals surface area contributed by atoms with Gasteiger partial charge in [0.1, 0.15) is 11.3 Å². The molecule has 0 aliphatic rings. The van der Waals surface area contributed by atoms with Crippen LogP contribution in [-0.4, -0.2) is 51.0 Å². The van der Waals surface area contributed by atoms with Crippen LogP contribution in [0.25, 0.3) is 22.1 Å². The molecule has 2 N–H and O–H groups in total. The zero-order valence-electron chi connectivity index (χ0n) is 19.1. The maximum atomic E-state index is 13.2. The van der Waals surface area contributed by atoms with Crippen molar-refractivity contribution in [3.63, 3.8) is 0 Å². The predicted octanol–water partition coefficient (Wildman–Crippen LogP) is 3.40. The number of rotatable bonds is 10. The van der Waals surface area contributed by atoms with Gasteiger partial charge in [-0.05, 0) is 24.6 Å². The molecule has 2 heterocycles. The minimum Gasteiger partial charge on any atom is -0.495 e. The van der Waals surface area contributed by atoms with Gasteiger partial charge >= 0.3 is 0 Å². The van der Waals surface area contributed by atoms with Crippen LogP contribution in [0, 0.1) is 0 Å². The van der Waals surface area contributed by atoms with E-state index in [9.17, 15) is 9.59 Å². The van der Waals surface area contributed by atoms with Gasteiger partial charge in [-0.25, -0.2) is 4.98 Å². The third-order valence-corrected chi connectivity index (χ3v) is 6.21. The number of ether oxygens (including phenoxy) is 1. The van der Waals surface area contributed by atoms with Gasteiger partial charge in [-0.15, -0.1) is 10.2 Å². The number of anilines is 1. The summed E-state index contributed by atoms with van der Waals surface area (Å²) >= 11 is 1.20. The summed E-state index contributed by atoms with van der Waals surface area (Å²) in [6.07, 6.45) is 0.988. The molecular weight excluding hydrogens is 452 g/mol. The van der Waals surface area contributed by atoms with Crippen LogP contribution in [0.4, 0.5) is 5.69 Å². The second-order valence-corrected chi connectivity index (χ2v) is 8.60. The van der Waals surface area contributed by atoms with Crippen LogP contribution in [0.3, 0.4) is 0 Å². The number of hydrogen-bond acceptors (Lipinski definition) is 7. The van der Waals surface area contributed by atoms with Crippen molar-refractivity contribution < 1.29 is 14.3 Å². The summed E-state index contributed by atoms with van der Waals surface area (Å²) in [7, 11) is 1.54. The van der Waals surface area contributed by atoms with Gasteiger partial charge in [0.15, 0.2) is 5.65 Å². The quantitative estimate of drug-likeness (QED) is 0.347. The lowest BCUT2D eigenvalue weighted by molar-refractivity contribution is -0.118. The highest BCUT2D eigenvalue weighted by molar-refractivity contribution is 7.99. The fourth-order valence-corrected chi connectivity index (χ4v) is 4.52. The van der Waals surface area contributed by atoms with E-state index in [1.807, 2.05) is 30.3 Å². The fourth-order valence-electron chi connectivity index (χ4n) is 3.86. The van der Waals surface area contributed by atoms with Crippen molar-refractivity contribution in [1.82, 2.24) is 19.7 Å². The molecule has 0 radical (unpaired) electrons. The minimum atomic E-state index is -0.484. The first kappa shape index (κ1) is 23.5. The Labute approximate surface area is 201 Å². The minimum absolute atomic E-state index is 0.0373. The van der Waals surface area contributed by atoms with Gasteiger partial charge in [0.05, 0.1) is 24.1 Å². The molecular formula is C24H26N6O3S. The second kappa shape index (κ2) is 10.5. The van der Waals surface area contributed by atoms with E-state index in [1.165, 1.54) is 23.8 Å². The number of benzene rings is 2. The molecule has 2 aromatic carbocycles. The molecule has 2 amide bonds. The largest absolute Gasteiger partial charge is 0.495 e. The molecule has 0 saturated carbocycles. The van der Waals surface area contributed by atoms with Gasteiger partial charge in [-0.3, -0.25) is 9.59 Å². The Bertz CT molecular complexity index is 1340. The summed E-state index contributed by atoms with van der Waals surface area (Å²) in [5, 5.41) is 10.1. The molecule has 0 atom stereocenters. The van der Waals surface area contributed by atoms with E-state index in [-0.39, 0.29) is 24.6 Å². The first-order valence-corrected chi connectivity index (χ1v) is 12.0. The first-order chi connectivity index (χ1) is 16.5. The van der Waals surface area contributed by atoms with Crippen molar-refractivity contribution in [3.8, 4) is 5.75 Å². The number of carbonyl (C=O) groups excluding carboxylic acids is 2. The Morgan fingerprint density at radius 3 is 2.65 bits per heavy atom. The molecule has 2 aromatic heterocycles. The number of hydrogen-bond donors (Lipinski definition) is 1. The molecule has 4 rings (SSSR count). The average molecular weight is 479 g/mol. The SMILES string of the molecule is CCCn1c2ccccc2c2nnc(SCC(=O)N(CCC(N)=O)c3ccccc3OC)nc21. The third-order valence-electron chi connectivity index (χ3n) is 5.39. The highest BCUT2D eigenvalue weighted by atomic mass is 32.2. The maximum absolute atomic E-state index is 13.2. The van der Waals surface area contributed by atoms with Gasteiger partial charge < -0.3 is 19.9 Å². The van der Waals surface area contributed by atoms with Gasteiger partial charge in [-0.1, -0.05) is 49.0 Å². The van der Waals surface area contributed by atoms with Crippen LogP contribution in [0.1, 0.15) is 19.8 Å². The van der Waals surface area contributed by atoms with Gasteiger partial charge in [0.25, 0.3) is 0 Å². The van der Waals surface area contributed by atoms with E-state index in [0.29, 0.717) is 16.6 Å². The Morgan fingerprint density at radius 2 is 1.88 bits per heavy atom. The van der Waals surface area contributed by atoms with Crippen LogP contribution in [-0.2, 0) is 16.1 Å². The Kier molecular flexibility index (Phi) is 7.27. The topological polar surface area (TPSA) is 116 Å². The fraction of sp³-hybridized carbons (Fsp3) is 0.292.